The zero-order valence-corrected chi connectivity index (χ0v) is 21.5. The summed E-state index contributed by atoms with van der Waals surface area (Å²) >= 11 is 0. The number of carboxylic acids is 4. The second-order valence-electron chi connectivity index (χ2n) is 8.44. The van der Waals surface area contributed by atoms with Crippen LogP contribution >= 0.6 is 15.8 Å². The van der Waals surface area contributed by atoms with Gasteiger partial charge in [-0.15, -0.1) is 15.8 Å². The smallest absolute Gasteiger partial charge is 0.303 e. The Morgan fingerprint density at radius 2 is 0.576 bits per heavy atom. The number of hydrogen-bond donors (Lipinski definition) is 4. The van der Waals surface area contributed by atoms with Gasteiger partial charge in [0.1, 0.15) is 0 Å². The maximum absolute atomic E-state index is 10.7. The molecule has 10 heteroatoms. The van der Waals surface area contributed by atoms with E-state index < -0.39 is 23.9 Å². The van der Waals surface area contributed by atoms with Gasteiger partial charge in [0.15, 0.2) is 0 Å². The van der Waals surface area contributed by atoms with Crippen LogP contribution in [0.2, 0.25) is 0 Å². The molecule has 0 spiro atoms. The first-order valence-electron chi connectivity index (χ1n) is 12.0. The van der Waals surface area contributed by atoms with Crippen LogP contribution in [0.25, 0.3) is 0 Å². The predicted molar refractivity (Wildman–Crippen MR) is 134 cm³/mol. The minimum atomic E-state index is -0.766. The van der Waals surface area contributed by atoms with Gasteiger partial charge in [-0.3, -0.25) is 19.2 Å². The molecule has 192 valence electrons. The zero-order valence-electron chi connectivity index (χ0n) is 19.8. The third kappa shape index (κ3) is 23.7. The zero-order chi connectivity index (χ0) is 24.9. The second kappa shape index (κ2) is 21.3. The van der Waals surface area contributed by atoms with E-state index in [9.17, 15) is 19.2 Å². The fourth-order valence-electron chi connectivity index (χ4n) is 3.64. The van der Waals surface area contributed by atoms with Crippen molar-refractivity contribution in [3.05, 3.63) is 0 Å². The highest BCUT2D eigenvalue weighted by atomic mass is 31.1. The molecule has 4 N–H and O–H groups in total. The van der Waals surface area contributed by atoms with Gasteiger partial charge in [-0.1, -0.05) is 0 Å². The highest BCUT2D eigenvalue weighted by molar-refractivity contribution is 7.58. The lowest BCUT2D eigenvalue weighted by molar-refractivity contribution is -0.138. The highest BCUT2D eigenvalue weighted by Gasteiger charge is 2.13. The molecule has 0 saturated heterocycles. The first kappa shape index (κ1) is 31.7. The Hall–Kier alpha value is -1.26. The fourth-order valence-corrected chi connectivity index (χ4v) is 9.12. The first-order chi connectivity index (χ1) is 15.7. The number of unbranched alkanes of at least 4 members (excludes halogenated alkanes) is 4. The van der Waals surface area contributed by atoms with Crippen LogP contribution in [0.3, 0.4) is 0 Å². The Bertz CT molecular complexity index is 479. The van der Waals surface area contributed by atoms with E-state index >= 15 is 0 Å². The van der Waals surface area contributed by atoms with Gasteiger partial charge >= 0.3 is 23.9 Å². The molecule has 0 aliphatic carbocycles. The molecule has 0 aromatic heterocycles. The van der Waals surface area contributed by atoms with Gasteiger partial charge in [-0.2, -0.15) is 0 Å². The van der Waals surface area contributed by atoms with Crippen molar-refractivity contribution in [2.45, 2.75) is 83.5 Å². The summed E-state index contributed by atoms with van der Waals surface area (Å²) in [6, 6.07) is 0. The Labute approximate surface area is 200 Å². The largest absolute Gasteiger partial charge is 0.481 e. The van der Waals surface area contributed by atoms with Crippen LogP contribution in [0, 0.1) is 0 Å². The number of aliphatic carboxylic acids is 4. The minimum Gasteiger partial charge on any atom is -0.481 e. The molecule has 0 atom stereocenters. The number of rotatable bonds is 24. The number of carboxylic acid groups (broad SMARTS) is 4. The molecule has 0 fully saturated rings. The predicted octanol–water partition coefficient (Wildman–Crippen LogP) is 5.36. The lowest BCUT2D eigenvalue weighted by Gasteiger charge is -2.21. The van der Waals surface area contributed by atoms with Crippen molar-refractivity contribution in [3.8, 4) is 0 Å². The van der Waals surface area contributed by atoms with Crippen molar-refractivity contribution in [3.63, 3.8) is 0 Å². The van der Waals surface area contributed by atoms with Crippen molar-refractivity contribution in [2.24, 2.45) is 0 Å². The molecule has 0 aromatic rings. The van der Waals surface area contributed by atoms with Gasteiger partial charge in [0.25, 0.3) is 0 Å². The van der Waals surface area contributed by atoms with E-state index in [2.05, 4.69) is 0 Å². The standard InChI is InChI=1S/C23H42O8P2/c24-20(25)10-1-5-14-32(15-6-2-11-21(26)27)18-9-19-33(16-7-3-12-22(28)29)17-8-4-13-23(30)31/h1-19H2,(H,24,25)(H,26,27)(H,28,29)(H,30,31). The Balaban J connectivity index is 4.52. The Kier molecular flexibility index (Phi) is 20.5. The summed E-state index contributed by atoms with van der Waals surface area (Å²) in [5.41, 5.74) is 0. The van der Waals surface area contributed by atoms with E-state index in [0.29, 0.717) is 25.7 Å². The van der Waals surface area contributed by atoms with E-state index in [1.807, 2.05) is 0 Å². The SMILES string of the molecule is O=C(O)CCCCP(CCCCC(=O)O)CCCP(CCCCC(=O)O)CCCCC(=O)O. The number of carbonyl (C=O) groups is 4. The summed E-state index contributed by atoms with van der Waals surface area (Å²) in [4.78, 5) is 43.0. The first-order valence-corrected chi connectivity index (χ1v) is 15.8. The van der Waals surface area contributed by atoms with Gasteiger partial charge in [-0.25, -0.2) is 0 Å². The Morgan fingerprint density at radius 1 is 0.364 bits per heavy atom. The molecule has 0 aliphatic rings. The summed E-state index contributed by atoms with van der Waals surface area (Å²) in [5, 5.41) is 35.3. The summed E-state index contributed by atoms with van der Waals surface area (Å²) in [6.07, 6.45) is 14.5. The number of hydrogen-bond acceptors (Lipinski definition) is 4. The van der Waals surface area contributed by atoms with Crippen LogP contribution in [0.5, 0.6) is 0 Å². The van der Waals surface area contributed by atoms with Crippen LogP contribution in [0.1, 0.15) is 83.5 Å². The van der Waals surface area contributed by atoms with E-state index in [4.69, 9.17) is 20.4 Å². The maximum atomic E-state index is 10.7. The molecule has 0 rings (SSSR count). The van der Waals surface area contributed by atoms with Gasteiger partial charge in [0.2, 0.25) is 0 Å². The topological polar surface area (TPSA) is 149 Å². The van der Waals surface area contributed by atoms with Crippen LogP contribution < -0.4 is 0 Å². The summed E-state index contributed by atoms with van der Waals surface area (Å²) < 4.78 is 0. The quantitative estimate of drug-likeness (QED) is 0.101. The lowest BCUT2D eigenvalue weighted by atomic mass is 10.2. The molecular weight excluding hydrogens is 466 g/mol. The highest BCUT2D eigenvalue weighted by Crippen LogP contribution is 2.43. The molecule has 33 heavy (non-hydrogen) atoms. The molecule has 0 heterocycles. The van der Waals surface area contributed by atoms with E-state index in [0.717, 1.165) is 69.1 Å². The molecule has 0 bridgehead atoms. The third-order valence-corrected chi connectivity index (χ3v) is 11.1. The lowest BCUT2D eigenvalue weighted by Crippen LogP contribution is -2.03. The van der Waals surface area contributed by atoms with E-state index in [1.54, 1.807) is 0 Å². The van der Waals surface area contributed by atoms with E-state index in [-0.39, 0.29) is 41.5 Å². The Morgan fingerprint density at radius 3 is 0.788 bits per heavy atom. The average Bonchev–Trinajstić information content (AvgIpc) is 2.72. The van der Waals surface area contributed by atoms with Gasteiger partial charge in [-0.05, 0) is 94.8 Å². The molecule has 8 nitrogen and oxygen atoms in total. The van der Waals surface area contributed by atoms with Crippen molar-refractivity contribution in [1.82, 2.24) is 0 Å². The van der Waals surface area contributed by atoms with Gasteiger partial charge in [0, 0.05) is 25.7 Å². The molecule has 0 aliphatic heterocycles. The van der Waals surface area contributed by atoms with Crippen LogP contribution in [0.15, 0.2) is 0 Å². The van der Waals surface area contributed by atoms with Crippen LogP contribution in [-0.4, -0.2) is 81.3 Å². The molecule has 0 amide bonds. The van der Waals surface area contributed by atoms with Crippen molar-refractivity contribution in [2.75, 3.05) is 37.0 Å². The normalized spacial score (nSPS) is 11.2. The van der Waals surface area contributed by atoms with E-state index in [1.165, 1.54) is 0 Å². The van der Waals surface area contributed by atoms with Crippen molar-refractivity contribution >= 4 is 39.7 Å². The summed E-state index contributed by atoms with van der Waals surface area (Å²) in [6.45, 7) is 0. The molecule has 0 aromatic carbocycles. The molecule has 0 radical (unpaired) electrons. The minimum absolute atomic E-state index is 0.195. The van der Waals surface area contributed by atoms with Crippen molar-refractivity contribution in [1.29, 1.82) is 0 Å². The van der Waals surface area contributed by atoms with Crippen LogP contribution in [0.4, 0.5) is 0 Å². The summed E-state index contributed by atoms with van der Waals surface area (Å²) in [7, 11) is -0.466. The monoisotopic (exact) mass is 508 g/mol. The van der Waals surface area contributed by atoms with Gasteiger partial charge < -0.3 is 20.4 Å². The third-order valence-electron chi connectivity index (χ3n) is 5.41. The molecule has 0 saturated carbocycles. The molecule has 0 unspecified atom stereocenters. The maximum Gasteiger partial charge on any atom is 0.303 e. The van der Waals surface area contributed by atoms with Gasteiger partial charge in [0.05, 0.1) is 0 Å². The second-order valence-corrected chi connectivity index (χ2v) is 13.8. The average molecular weight is 509 g/mol. The summed E-state index contributed by atoms with van der Waals surface area (Å²) in [5.74, 6) is -3.07. The fraction of sp³-hybridized carbons (Fsp3) is 0.826. The molecular formula is C23H42O8P2. The van der Waals surface area contributed by atoms with Crippen LogP contribution in [-0.2, 0) is 19.2 Å². The van der Waals surface area contributed by atoms with Crippen molar-refractivity contribution < 1.29 is 39.6 Å².